The van der Waals surface area contributed by atoms with Crippen LogP contribution >= 0.6 is 0 Å². The van der Waals surface area contributed by atoms with Crippen LogP contribution in [0.5, 0.6) is 0 Å². The van der Waals surface area contributed by atoms with Gasteiger partial charge in [0, 0.05) is 17.9 Å². The highest BCUT2D eigenvalue weighted by Crippen LogP contribution is 2.62. The van der Waals surface area contributed by atoms with Crippen molar-refractivity contribution in [2.75, 3.05) is 13.2 Å². The van der Waals surface area contributed by atoms with E-state index in [9.17, 15) is 19.8 Å². The second-order valence-corrected chi connectivity index (χ2v) is 10.6. The predicted octanol–water partition coefficient (Wildman–Crippen LogP) is 4.50. The Bertz CT molecular complexity index is 834. The zero-order valence-corrected chi connectivity index (χ0v) is 20.3. The van der Waals surface area contributed by atoms with Gasteiger partial charge in [0.25, 0.3) is 0 Å². The number of carbonyl (C=O) groups is 2. The van der Waals surface area contributed by atoms with Gasteiger partial charge in [0.15, 0.2) is 0 Å². The number of fused-ring (bicyclic) bond motifs is 1. The van der Waals surface area contributed by atoms with E-state index in [0.29, 0.717) is 17.9 Å². The number of rotatable bonds is 10. The van der Waals surface area contributed by atoms with Crippen LogP contribution in [-0.2, 0) is 20.7 Å². The third kappa shape index (κ3) is 5.41. The molecular formula is C28H40O5. The third-order valence-corrected chi connectivity index (χ3v) is 8.66. The molecule has 0 aromatic heterocycles. The van der Waals surface area contributed by atoms with Crippen molar-refractivity contribution in [2.45, 2.75) is 71.8 Å². The van der Waals surface area contributed by atoms with Gasteiger partial charge in [-0.25, -0.2) is 0 Å². The van der Waals surface area contributed by atoms with Crippen molar-refractivity contribution in [3.05, 3.63) is 47.5 Å². The van der Waals surface area contributed by atoms with E-state index in [0.717, 1.165) is 44.0 Å². The van der Waals surface area contributed by atoms with Crippen LogP contribution < -0.4 is 0 Å². The second-order valence-electron chi connectivity index (χ2n) is 10.6. The van der Waals surface area contributed by atoms with Gasteiger partial charge in [-0.15, -0.1) is 0 Å². The summed E-state index contributed by atoms with van der Waals surface area (Å²) in [5.74, 6) is 0.267. The molecule has 0 heterocycles. The van der Waals surface area contributed by atoms with Crippen molar-refractivity contribution >= 4 is 12.3 Å². The number of hydrogen-bond acceptors (Lipinski definition) is 5. The Hall–Kier alpha value is -1.98. The van der Waals surface area contributed by atoms with Crippen LogP contribution in [0.2, 0.25) is 0 Å². The molecule has 0 saturated heterocycles. The van der Waals surface area contributed by atoms with Gasteiger partial charge in [-0.05, 0) is 60.5 Å². The van der Waals surface area contributed by atoms with Crippen LogP contribution in [-0.4, -0.2) is 41.8 Å². The molecule has 2 aliphatic rings. The third-order valence-electron chi connectivity index (χ3n) is 8.66. The minimum absolute atomic E-state index is 0.0117. The first kappa shape index (κ1) is 25.6. The van der Waals surface area contributed by atoms with Gasteiger partial charge in [-0.1, -0.05) is 63.6 Å². The van der Waals surface area contributed by atoms with Gasteiger partial charge >= 0.3 is 5.97 Å². The van der Waals surface area contributed by atoms with Crippen LogP contribution in [0.4, 0.5) is 0 Å². The average Bonchev–Trinajstić information content (AvgIpc) is 2.80. The van der Waals surface area contributed by atoms with E-state index < -0.39 is 11.5 Å². The van der Waals surface area contributed by atoms with E-state index >= 15 is 0 Å². The Morgan fingerprint density at radius 1 is 1.24 bits per heavy atom. The van der Waals surface area contributed by atoms with Gasteiger partial charge in [0.1, 0.15) is 6.29 Å². The maximum absolute atomic E-state index is 12.6. The van der Waals surface area contributed by atoms with Gasteiger partial charge in [-0.3, -0.25) is 9.59 Å². The fourth-order valence-corrected chi connectivity index (χ4v) is 6.37. The number of aliphatic hydroxyl groups is 2. The van der Waals surface area contributed by atoms with Crippen LogP contribution in [0, 0.1) is 28.6 Å². The van der Waals surface area contributed by atoms with E-state index in [1.807, 2.05) is 43.3 Å². The fraction of sp³-hybridized carbons (Fsp3) is 0.643. The molecule has 2 aliphatic carbocycles. The summed E-state index contributed by atoms with van der Waals surface area (Å²) in [6, 6.07) is 9.57. The molecule has 1 aromatic rings. The molecule has 1 fully saturated rings. The zero-order valence-electron chi connectivity index (χ0n) is 20.3. The molecule has 182 valence electrons. The molecule has 2 N–H and O–H groups in total. The quantitative estimate of drug-likeness (QED) is 0.400. The molecule has 3 rings (SSSR count). The first-order chi connectivity index (χ1) is 15.8. The maximum Gasteiger partial charge on any atom is 0.310 e. The minimum Gasteiger partial charge on any atom is -0.465 e. The summed E-state index contributed by atoms with van der Waals surface area (Å²) in [6.45, 7) is 6.91. The Kier molecular flexibility index (Phi) is 8.52. The lowest BCUT2D eigenvalue weighted by Gasteiger charge is -2.60. The van der Waals surface area contributed by atoms with Crippen LogP contribution in [0.15, 0.2) is 42.0 Å². The van der Waals surface area contributed by atoms with E-state index in [1.54, 1.807) is 0 Å². The zero-order chi connectivity index (χ0) is 24.1. The molecule has 33 heavy (non-hydrogen) atoms. The van der Waals surface area contributed by atoms with Gasteiger partial charge in [0.05, 0.1) is 19.1 Å². The molecule has 5 heteroatoms. The van der Waals surface area contributed by atoms with Crippen molar-refractivity contribution in [1.82, 2.24) is 0 Å². The molecule has 1 saturated carbocycles. The molecule has 0 spiro atoms. The molecule has 0 radical (unpaired) electrons. The minimum atomic E-state index is -0.653. The summed E-state index contributed by atoms with van der Waals surface area (Å²) in [5, 5.41) is 20.6. The smallest absolute Gasteiger partial charge is 0.310 e. The van der Waals surface area contributed by atoms with Crippen molar-refractivity contribution < 1.29 is 24.5 Å². The number of carbonyl (C=O) groups excluding carboxylic acids is 2. The SMILES string of the molecule is CC(CCO)CCC1(C)C(COC(=O)Cc2ccccc2)CC(O)C2(C)C(C=O)=CCCC12. The number of ether oxygens (including phenoxy) is 1. The van der Waals surface area contributed by atoms with Gasteiger partial charge < -0.3 is 14.9 Å². The monoisotopic (exact) mass is 456 g/mol. The Morgan fingerprint density at radius 2 is 1.97 bits per heavy atom. The number of aldehydes is 1. The van der Waals surface area contributed by atoms with E-state index in [4.69, 9.17) is 4.74 Å². The standard InChI is InChI=1S/C28H40O5/c1-20(13-15-29)12-14-27(2)23(19-33-26(32)16-21-8-5-4-6-9-21)17-25(31)28(3)22(18-30)10-7-11-24(27)28/h4-6,8-10,18,20,23-25,29,31H,7,11-17,19H2,1-3H3. The lowest BCUT2D eigenvalue weighted by molar-refractivity contribution is -0.162. The maximum atomic E-state index is 12.6. The van der Waals surface area contributed by atoms with Crippen LogP contribution in [0.25, 0.3) is 0 Å². The largest absolute Gasteiger partial charge is 0.465 e. The van der Waals surface area contributed by atoms with Crippen molar-refractivity contribution in [2.24, 2.45) is 28.6 Å². The first-order valence-corrected chi connectivity index (χ1v) is 12.4. The molecule has 1 aromatic carbocycles. The predicted molar refractivity (Wildman–Crippen MR) is 128 cm³/mol. The Labute approximate surface area is 198 Å². The highest BCUT2D eigenvalue weighted by molar-refractivity contribution is 5.76. The molecule has 6 atom stereocenters. The van der Waals surface area contributed by atoms with Crippen LogP contribution in [0.1, 0.15) is 64.9 Å². The molecule has 6 unspecified atom stereocenters. The van der Waals surface area contributed by atoms with E-state index in [2.05, 4.69) is 13.8 Å². The number of esters is 1. The summed E-state index contributed by atoms with van der Waals surface area (Å²) in [5.41, 5.74) is 0.861. The molecular weight excluding hydrogens is 416 g/mol. The topological polar surface area (TPSA) is 83.8 Å². The lowest BCUT2D eigenvalue weighted by atomic mass is 9.45. The van der Waals surface area contributed by atoms with Gasteiger partial charge in [0.2, 0.25) is 0 Å². The molecule has 0 amide bonds. The Morgan fingerprint density at radius 3 is 2.64 bits per heavy atom. The second kappa shape index (κ2) is 11.0. The summed E-state index contributed by atoms with van der Waals surface area (Å²) in [4.78, 5) is 24.5. The van der Waals surface area contributed by atoms with E-state index in [1.165, 1.54) is 0 Å². The highest BCUT2D eigenvalue weighted by atomic mass is 16.5. The first-order valence-electron chi connectivity index (χ1n) is 12.4. The average molecular weight is 457 g/mol. The fourth-order valence-electron chi connectivity index (χ4n) is 6.37. The number of benzene rings is 1. The van der Waals surface area contributed by atoms with Crippen LogP contribution in [0.3, 0.4) is 0 Å². The lowest BCUT2D eigenvalue weighted by Crippen LogP contribution is -2.58. The van der Waals surface area contributed by atoms with Gasteiger partial charge in [-0.2, -0.15) is 0 Å². The summed E-state index contributed by atoms with van der Waals surface area (Å²) < 4.78 is 5.78. The number of hydrogen-bond donors (Lipinski definition) is 2. The summed E-state index contributed by atoms with van der Waals surface area (Å²) >= 11 is 0. The van der Waals surface area contributed by atoms with Crippen molar-refractivity contribution in [3.8, 4) is 0 Å². The molecule has 5 nitrogen and oxygen atoms in total. The summed E-state index contributed by atoms with van der Waals surface area (Å²) in [6.07, 6.45) is 7.35. The van der Waals surface area contributed by atoms with Crippen molar-refractivity contribution in [1.29, 1.82) is 0 Å². The van der Waals surface area contributed by atoms with E-state index in [-0.39, 0.29) is 42.9 Å². The normalized spacial score (nSPS) is 32.4. The summed E-state index contributed by atoms with van der Waals surface area (Å²) in [7, 11) is 0. The molecule has 0 bridgehead atoms. The number of aliphatic hydroxyl groups excluding tert-OH is 2. The van der Waals surface area contributed by atoms with Crippen molar-refractivity contribution in [3.63, 3.8) is 0 Å². The number of allylic oxidation sites excluding steroid dienone is 1. The Balaban J connectivity index is 1.80. The highest BCUT2D eigenvalue weighted by Gasteiger charge is 2.59. The molecule has 0 aliphatic heterocycles.